The topological polar surface area (TPSA) is 45.1 Å². The van der Waals surface area contributed by atoms with Gasteiger partial charge in [-0.25, -0.2) is 4.99 Å². The van der Waals surface area contributed by atoms with Crippen LogP contribution in [0.2, 0.25) is 0 Å². The van der Waals surface area contributed by atoms with E-state index in [-0.39, 0.29) is 11.9 Å². The molecule has 1 fully saturated rings. The fraction of sp³-hybridized carbons (Fsp3) is 0.524. The first kappa shape index (κ1) is 17.1. The molecule has 1 aromatic rings. The van der Waals surface area contributed by atoms with Gasteiger partial charge in [-0.1, -0.05) is 0 Å². The van der Waals surface area contributed by atoms with Gasteiger partial charge in [-0.2, -0.15) is 0 Å². The molecule has 0 aromatic heterocycles. The monoisotopic (exact) mass is 353 g/mol. The van der Waals surface area contributed by atoms with Crippen LogP contribution in [0, 0.1) is 0 Å². The molecule has 0 aliphatic carbocycles. The van der Waals surface area contributed by atoms with Crippen LogP contribution in [-0.2, 0) is 22.4 Å². The third-order valence-electron chi connectivity index (χ3n) is 5.23. The van der Waals surface area contributed by atoms with E-state index in [2.05, 4.69) is 22.0 Å². The molecule has 0 spiro atoms. The van der Waals surface area contributed by atoms with Crippen LogP contribution < -0.4 is 4.90 Å². The molecular formula is C21H27N3O2. The van der Waals surface area contributed by atoms with E-state index in [0.29, 0.717) is 18.3 Å². The van der Waals surface area contributed by atoms with E-state index >= 15 is 0 Å². The quantitative estimate of drug-likeness (QED) is 0.783. The van der Waals surface area contributed by atoms with E-state index in [1.807, 2.05) is 26.8 Å². The molecule has 1 amide bonds. The highest BCUT2D eigenvalue weighted by Gasteiger charge is 2.34. The number of anilines is 1. The maximum Gasteiger partial charge on any atom is 0.300 e. The van der Waals surface area contributed by atoms with Gasteiger partial charge in [0, 0.05) is 31.4 Å². The zero-order chi connectivity index (χ0) is 18.3. The molecule has 4 rings (SSSR count). The Balaban J connectivity index is 1.70. The van der Waals surface area contributed by atoms with Crippen molar-refractivity contribution in [2.75, 3.05) is 24.5 Å². The first-order valence-corrected chi connectivity index (χ1v) is 9.76. The predicted octanol–water partition coefficient (Wildman–Crippen LogP) is 3.37. The molecule has 1 aromatic carbocycles. The number of amidine groups is 1. The molecule has 5 heteroatoms. The standard InChI is InChI=1S/C21H27N3O2/c1-4-24-20(25)18(26-21(24)22-14(2)3)13-15-11-16-7-5-9-23-10-6-8-17(12-15)19(16)23/h11-14H,4-10H2,1-3H3/b18-13+,22-21?. The van der Waals surface area contributed by atoms with E-state index in [4.69, 9.17) is 4.74 Å². The Morgan fingerprint density at radius 3 is 2.42 bits per heavy atom. The highest BCUT2D eigenvalue weighted by molar-refractivity contribution is 6.11. The van der Waals surface area contributed by atoms with Crippen molar-refractivity contribution in [2.45, 2.75) is 52.5 Å². The number of ether oxygens (including phenoxy) is 1. The van der Waals surface area contributed by atoms with Gasteiger partial charge in [0.25, 0.3) is 5.91 Å². The Labute approximate surface area is 155 Å². The van der Waals surface area contributed by atoms with Gasteiger partial charge < -0.3 is 9.64 Å². The van der Waals surface area contributed by atoms with Gasteiger partial charge in [0.1, 0.15) is 0 Å². The number of amides is 1. The average Bonchev–Trinajstić information content (AvgIpc) is 2.89. The van der Waals surface area contributed by atoms with Gasteiger partial charge in [0.15, 0.2) is 5.76 Å². The average molecular weight is 353 g/mol. The van der Waals surface area contributed by atoms with Crippen LogP contribution in [0.1, 0.15) is 50.3 Å². The maximum atomic E-state index is 12.7. The smallest absolute Gasteiger partial charge is 0.300 e. The molecule has 0 radical (unpaired) electrons. The summed E-state index contributed by atoms with van der Waals surface area (Å²) >= 11 is 0. The Morgan fingerprint density at radius 2 is 1.85 bits per heavy atom. The van der Waals surface area contributed by atoms with Gasteiger partial charge in [0.05, 0.1) is 0 Å². The lowest BCUT2D eigenvalue weighted by Crippen LogP contribution is -2.34. The van der Waals surface area contributed by atoms with E-state index in [0.717, 1.165) is 18.4 Å². The SMILES string of the molecule is CCN1C(=O)/C(=C\c2cc3c4c(c2)CCCN4CCC3)OC1=NC(C)C. The highest BCUT2D eigenvalue weighted by Crippen LogP contribution is 2.36. The highest BCUT2D eigenvalue weighted by atomic mass is 16.5. The summed E-state index contributed by atoms with van der Waals surface area (Å²) in [7, 11) is 0. The van der Waals surface area contributed by atoms with Crippen molar-refractivity contribution in [1.29, 1.82) is 0 Å². The molecule has 3 aliphatic heterocycles. The second-order valence-corrected chi connectivity index (χ2v) is 7.55. The lowest BCUT2D eigenvalue weighted by atomic mass is 9.90. The number of aliphatic imine (C=N–C) groups is 1. The molecule has 3 aliphatic rings. The number of carbonyl (C=O) groups excluding carboxylic acids is 1. The first-order chi connectivity index (χ1) is 12.6. The third kappa shape index (κ3) is 3.00. The van der Waals surface area contributed by atoms with Crippen LogP contribution in [0.5, 0.6) is 0 Å². The summed E-state index contributed by atoms with van der Waals surface area (Å²) in [5, 5.41) is 0. The van der Waals surface area contributed by atoms with Crippen LogP contribution in [-0.4, -0.2) is 42.5 Å². The molecule has 1 saturated heterocycles. The first-order valence-electron chi connectivity index (χ1n) is 9.76. The van der Waals surface area contributed by atoms with E-state index in [1.54, 1.807) is 4.90 Å². The fourth-order valence-corrected chi connectivity index (χ4v) is 4.17. The minimum atomic E-state index is -0.0973. The molecule has 5 nitrogen and oxygen atoms in total. The molecule has 26 heavy (non-hydrogen) atoms. The molecule has 0 atom stereocenters. The van der Waals surface area contributed by atoms with Crippen molar-refractivity contribution in [1.82, 2.24) is 4.90 Å². The van der Waals surface area contributed by atoms with E-state index < -0.39 is 0 Å². The van der Waals surface area contributed by atoms with E-state index in [9.17, 15) is 4.79 Å². The van der Waals surface area contributed by atoms with Gasteiger partial charge >= 0.3 is 6.02 Å². The van der Waals surface area contributed by atoms with Gasteiger partial charge in [-0.05, 0) is 81.4 Å². The number of aryl methyl sites for hydroxylation is 2. The number of nitrogens with zero attached hydrogens (tertiary/aromatic N) is 3. The summed E-state index contributed by atoms with van der Waals surface area (Å²) in [5.41, 5.74) is 5.33. The number of rotatable bonds is 3. The Kier molecular flexibility index (Phi) is 4.47. The summed E-state index contributed by atoms with van der Waals surface area (Å²) in [6.07, 6.45) is 6.53. The summed E-state index contributed by atoms with van der Waals surface area (Å²) in [6.45, 7) is 8.81. The molecule has 0 saturated carbocycles. The minimum Gasteiger partial charge on any atom is -0.420 e. The zero-order valence-electron chi connectivity index (χ0n) is 15.9. The third-order valence-corrected chi connectivity index (χ3v) is 5.23. The van der Waals surface area contributed by atoms with Crippen LogP contribution in [0.3, 0.4) is 0 Å². The van der Waals surface area contributed by atoms with Gasteiger partial charge in [0.2, 0.25) is 0 Å². The molecule has 3 heterocycles. The Hall–Kier alpha value is -2.30. The van der Waals surface area contributed by atoms with Crippen LogP contribution >= 0.6 is 0 Å². The van der Waals surface area contributed by atoms with Crippen LogP contribution in [0.4, 0.5) is 5.69 Å². The molecule has 0 N–H and O–H groups in total. The van der Waals surface area contributed by atoms with Gasteiger partial charge in [-0.15, -0.1) is 0 Å². The largest absolute Gasteiger partial charge is 0.420 e. The predicted molar refractivity (Wildman–Crippen MR) is 104 cm³/mol. The molecular weight excluding hydrogens is 326 g/mol. The zero-order valence-corrected chi connectivity index (χ0v) is 15.9. The summed E-state index contributed by atoms with van der Waals surface area (Å²) in [4.78, 5) is 21.3. The van der Waals surface area contributed by atoms with Crippen molar-refractivity contribution in [2.24, 2.45) is 4.99 Å². The molecule has 0 unspecified atom stereocenters. The van der Waals surface area contributed by atoms with Crippen molar-refractivity contribution in [3.05, 3.63) is 34.6 Å². The maximum absolute atomic E-state index is 12.7. The summed E-state index contributed by atoms with van der Waals surface area (Å²) < 4.78 is 5.82. The lowest BCUT2D eigenvalue weighted by Gasteiger charge is -2.37. The van der Waals surface area contributed by atoms with Crippen LogP contribution in [0.25, 0.3) is 6.08 Å². The minimum absolute atomic E-state index is 0.0883. The number of hydrogen-bond acceptors (Lipinski definition) is 4. The van der Waals surface area contributed by atoms with E-state index in [1.165, 1.54) is 42.7 Å². The number of likely N-dealkylation sites (N-methyl/N-ethyl adjacent to an activating group) is 1. The Morgan fingerprint density at radius 1 is 1.19 bits per heavy atom. The number of benzene rings is 1. The summed E-state index contributed by atoms with van der Waals surface area (Å²) in [5.74, 6) is 0.279. The van der Waals surface area contributed by atoms with Crippen molar-refractivity contribution in [3.8, 4) is 0 Å². The molecule has 0 bridgehead atoms. The van der Waals surface area contributed by atoms with Crippen molar-refractivity contribution in [3.63, 3.8) is 0 Å². The van der Waals surface area contributed by atoms with Crippen LogP contribution in [0.15, 0.2) is 22.9 Å². The van der Waals surface area contributed by atoms with Crippen molar-refractivity contribution < 1.29 is 9.53 Å². The normalized spacial score (nSPS) is 22.4. The fourth-order valence-electron chi connectivity index (χ4n) is 4.17. The number of carbonyl (C=O) groups is 1. The molecule has 138 valence electrons. The number of hydrogen-bond donors (Lipinski definition) is 0. The van der Waals surface area contributed by atoms with Crippen molar-refractivity contribution >= 4 is 23.7 Å². The lowest BCUT2D eigenvalue weighted by molar-refractivity contribution is -0.122. The summed E-state index contributed by atoms with van der Waals surface area (Å²) in [6, 6.07) is 4.97. The second-order valence-electron chi connectivity index (χ2n) is 7.55. The second kappa shape index (κ2) is 6.78. The Bertz CT molecular complexity index is 763. The van der Waals surface area contributed by atoms with Gasteiger partial charge in [-0.3, -0.25) is 9.69 Å².